The molecule has 3 nitrogen and oxygen atoms in total. The summed E-state index contributed by atoms with van der Waals surface area (Å²) in [6.07, 6.45) is 1.85. The molecule has 1 heterocycles. The second kappa shape index (κ2) is 5.37. The van der Waals surface area contributed by atoms with Gasteiger partial charge in [-0.2, -0.15) is 5.26 Å². The van der Waals surface area contributed by atoms with Gasteiger partial charge < -0.3 is 4.90 Å². The van der Waals surface area contributed by atoms with E-state index >= 15 is 0 Å². The van der Waals surface area contributed by atoms with Crippen molar-refractivity contribution in [3.05, 3.63) is 34.3 Å². The molecule has 0 saturated carbocycles. The molecule has 0 aliphatic carbocycles. The van der Waals surface area contributed by atoms with Gasteiger partial charge in [0.1, 0.15) is 0 Å². The molecule has 1 aliphatic rings. The standard InChI is InChI=1S/C11H10BrN3S/c12-10-4-2-1-3-9(10)7-15-5-6-16-11(15)14-8-13/h1-4H,5-7H2. The monoisotopic (exact) mass is 295 g/mol. The first-order chi connectivity index (χ1) is 7.81. The molecular formula is C11H10BrN3S. The van der Waals surface area contributed by atoms with Gasteiger partial charge in [-0.25, -0.2) is 0 Å². The van der Waals surface area contributed by atoms with E-state index in [4.69, 9.17) is 5.26 Å². The number of amidine groups is 1. The Morgan fingerprint density at radius 1 is 1.50 bits per heavy atom. The van der Waals surface area contributed by atoms with Gasteiger partial charge in [-0.3, -0.25) is 0 Å². The van der Waals surface area contributed by atoms with Gasteiger partial charge in [-0.05, 0) is 11.6 Å². The molecule has 5 heteroatoms. The van der Waals surface area contributed by atoms with Crippen molar-refractivity contribution in [2.45, 2.75) is 6.54 Å². The molecule has 0 amide bonds. The summed E-state index contributed by atoms with van der Waals surface area (Å²) in [6, 6.07) is 8.12. The third-order valence-electron chi connectivity index (χ3n) is 2.33. The number of benzene rings is 1. The lowest BCUT2D eigenvalue weighted by molar-refractivity contribution is 0.456. The van der Waals surface area contributed by atoms with Crippen molar-refractivity contribution >= 4 is 32.9 Å². The maximum atomic E-state index is 8.58. The summed E-state index contributed by atoms with van der Waals surface area (Å²) in [5.41, 5.74) is 1.22. The summed E-state index contributed by atoms with van der Waals surface area (Å²) in [5, 5.41) is 9.41. The molecule has 0 bridgehead atoms. The minimum atomic E-state index is 0.801. The van der Waals surface area contributed by atoms with Gasteiger partial charge in [0, 0.05) is 23.3 Å². The lowest BCUT2D eigenvalue weighted by Gasteiger charge is -2.17. The predicted molar refractivity (Wildman–Crippen MR) is 70.1 cm³/mol. The van der Waals surface area contributed by atoms with Crippen LogP contribution in [0.1, 0.15) is 5.56 Å². The van der Waals surface area contributed by atoms with Crippen LogP contribution in [-0.2, 0) is 6.54 Å². The van der Waals surface area contributed by atoms with E-state index in [1.807, 2.05) is 24.4 Å². The average molecular weight is 296 g/mol. The number of rotatable bonds is 2. The van der Waals surface area contributed by atoms with Gasteiger partial charge in [-0.1, -0.05) is 45.9 Å². The molecule has 0 N–H and O–H groups in total. The molecule has 1 aromatic carbocycles. The normalized spacial score (nSPS) is 17.8. The summed E-state index contributed by atoms with van der Waals surface area (Å²) in [4.78, 5) is 5.96. The Hall–Kier alpha value is -0.990. The Kier molecular flexibility index (Phi) is 3.86. The third kappa shape index (κ3) is 2.57. The first-order valence-electron chi connectivity index (χ1n) is 4.89. The quantitative estimate of drug-likeness (QED) is 0.788. The molecule has 1 saturated heterocycles. The highest BCUT2D eigenvalue weighted by Gasteiger charge is 2.20. The Balaban J connectivity index is 2.14. The SMILES string of the molecule is N#CN=C1SCCN1Cc1ccccc1Br. The van der Waals surface area contributed by atoms with Crippen LogP contribution < -0.4 is 0 Å². The molecule has 0 unspecified atom stereocenters. The van der Waals surface area contributed by atoms with Gasteiger partial charge in [0.2, 0.25) is 6.19 Å². The second-order valence-electron chi connectivity index (χ2n) is 3.36. The van der Waals surface area contributed by atoms with Gasteiger partial charge in [0.15, 0.2) is 5.17 Å². The van der Waals surface area contributed by atoms with Crippen LogP contribution >= 0.6 is 27.7 Å². The van der Waals surface area contributed by atoms with Crippen LogP contribution in [0.2, 0.25) is 0 Å². The van der Waals surface area contributed by atoms with Crippen molar-refractivity contribution in [3.63, 3.8) is 0 Å². The van der Waals surface area contributed by atoms with E-state index in [-0.39, 0.29) is 0 Å². The third-order valence-corrected chi connectivity index (χ3v) is 4.10. The van der Waals surface area contributed by atoms with Crippen molar-refractivity contribution in [2.24, 2.45) is 4.99 Å². The molecule has 1 fully saturated rings. The molecule has 2 rings (SSSR count). The van der Waals surface area contributed by atoms with Gasteiger partial charge in [0.05, 0.1) is 0 Å². The zero-order valence-corrected chi connectivity index (χ0v) is 11.0. The number of aliphatic imine (C=N–C) groups is 1. The summed E-state index contributed by atoms with van der Waals surface area (Å²) in [7, 11) is 0. The summed E-state index contributed by atoms with van der Waals surface area (Å²) >= 11 is 5.16. The van der Waals surface area contributed by atoms with E-state index in [9.17, 15) is 0 Å². The van der Waals surface area contributed by atoms with Crippen LogP contribution in [0.5, 0.6) is 0 Å². The van der Waals surface area contributed by atoms with Crippen LogP contribution in [0.4, 0.5) is 0 Å². The Bertz CT molecular complexity index is 453. The van der Waals surface area contributed by atoms with E-state index < -0.39 is 0 Å². The maximum Gasteiger partial charge on any atom is 0.208 e. The Morgan fingerprint density at radius 2 is 2.31 bits per heavy atom. The fourth-order valence-corrected chi connectivity index (χ4v) is 2.91. The number of hydrogen-bond donors (Lipinski definition) is 0. The second-order valence-corrected chi connectivity index (χ2v) is 5.27. The highest BCUT2D eigenvalue weighted by Crippen LogP contribution is 2.23. The molecule has 1 aromatic rings. The van der Waals surface area contributed by atoms with Gasteiger partial charge in [-0.15, -0.1) is 4.99 Å². The first-order valence-corrected chi connectivity index (χ1v) is 6.67. The van der Waals surface area contributed by atoms with Crippen molar-refractivity contribution in [3.8, 4) is 6.19 Å². The smallest absolute Gasteiger partial charge is 0.208 e. The van der Waals surface area contributed by atoms with Crippen LogP contribution in [0.25, 0.3) is 0 Å². The molecular weight excluding hydrogens is 286 g/mol. The number of halogens is 1. The predicted octanol–water partition coefficient (Wildman–Crippen LogP) is 2.83. The van der Waals surface area contributed by atoms with Crippen LogP contribution in [0, 0.1) is 11.5 Å². The van der Waals surface area contributed by atoms with Crippen molar-refractivity contribution < 1.29 is 0 Å². The largest absolute Gasteiger partial charge is 0.345 e. The minimum Gasteiger partial charge on any atom is -0.345 e. The lowest BCUT2D eigenvalue weighted by Crippen LogP contribution is -2.23. The van der Waals surface area contributed by atoms with Crippen molar-refractivity contribution in [2.75, 3.05) is 12.3 Å². The van der Waals surface area contributed by atoms with E-state index in [2.05, 4.69) is 31.9 Å². The summed E-state index contributed by atoms with van der Waals surface area (Å²) < 4.78 is 1.10. The van der Waals surface area contributed by atoms with Crippen LogP contribution in [-0.4, -0.2) is 22.4 Å². The fraction of sp³-hybridized carbons (Fsp3) is 0.273. The molecule has 0 spiro atoms. The number of thioether (sulfide) groups is 1. The number of nitrogens with zero attached hydrogens (tertiary/aromatic N) is 3. The van der Waals surface area contributed by atoms with Gasteiger partial charge in [0.25, 0.3) is 0 Å². The van der Waals surface area contributed by atoms with E-state index in [1.54, 1.807) is 11.8 Å². The van der Waals surface area contributed by atoms with Crippen LogP contribution in [0.3, 0.4) is 0 Å². The number of hydrogen-bond acceptors (Lipinski definition) is 3. The molecule has 0 radical (unpaired) electrons. The maximum absolute atomic E-state index is 8.58. The molecule has 1 aliphatic heterocycles. The highest BCUT2D eigenvalue weighted by atomic mass is 79.9. The number of nitriles is 1. The topological polar surface area (TPSA) is 39.4 Å². The summed E-state index contributed by atoms with van der Waals surface area (Å²) in [5.74, 6) is 1.00. The minimum absolute atomic E-state index is 0.801. The molecule has 82 valence electrons. The van der Waals surface area contributed by atoms with Crippen LogP contribution in [0.15, 0.2) is 33.7 Å². The fourth-order valence-electron chi connectivity index (χ4n) is 1.56. The average Bonchev–Trinajstić information content (AvgIpc) is 2.70. The van der Waals surface area contributed by atoms with E-state index in [0.717, 1.165) is 28.5 Å². The molecule has 0 atom stereocenters. The zero-order chi connectivity index (χ0) is 11.4. The highest BCUT2D eigenvalue weighted by molar-refractivity contribution is 9.10. The van der Waals surface area contributed by atoms with E-state index in [1.165, 1.54) is 5.56 Å². The van der Waals surface area contributed by atoms with Crippen molar-refractivity contribution in [1.29, 1.82) is 5.26 Å². The molecule has 0 aromatic heterocycles. The summed E-state index contributed by atoms with van der Waals surface area (Å²) in [6.45, 7) is 1.75. The van der Waals surface area contributed by atoms with Crippen molar-refractivity contribution in [1.82, 2.24) is 4.90 Å². The Labute approximate surface area is 107 Å². The lowest BCUT2D eigenvalue weighted by atomic mass is 10.2. The van der Waals surface area contributed by atoms with Gasteiger partial charge >= 0.3 is 0 Å². The Morgan fingerprint density at radius 3 is 3.06 bits per heavy atom. The zero-order valence-electron chi connectivity index (χ0n) is 8.56. The first kappa shape index (κ1) is 11.5. The van der Waals surface area contributed by atoms with E-state index in [0.29, 0.717) is 0 Å². The molecule has 16 heavy (non-hydrogen) atoms.